The van der Waals surface area contributed by atoms with E-state index in [1.54, 1.807) is 0 Å². The molecule has 8 heteroatoms. The van der Waals surface area contributed by atoms with Crippen molar-refractivity contribution in [2.75, 3.05) is 14.2 Å². The number of esters is 2. The van der Waals surface area contributed by atoms with Crippen molar-refractivity contribution >= 4 is 55.4 Å². The second kappa shape index (κ2) is 7.66. The van der Waals surface area contributed by atoms with Crippen LogP contribution in [0, 0.1) is 39.9 Å². The number of ketones is 2. The van der Waals surface area contributed by atoms with Crippen LogP contribution < -0.4 is 0 Å². The fraction of sp³-hybridized carbons (Fsp3) is 0.467. The minimum absolute atomic E-state index is 0.0170. The van der Waals surface area contributed by atoms with Crippen molar-refractivity contribution in [3.05, 3.63) is 68.8 Å². The zero-order valence-electron chi connectivity index (χ0n) is 22.0. The van der Waals surface area contributed by atoms with E-state index in [1.165, 1.54) is 14.2 Å². The first-order chi connectivity index (χ1) is 17.9. The fourth-order valence-corrected chi connectivity index (χ4v) is 10.5. The lowest BCUT2D eigenvalue weighted by Gasteiger charge is -2.63. The topological polar surface area (TPSA) is 86.7 Å². The normalized spacial score (nSPS) is 39.6. The summed E-state index contributed by atoms with van der Waals surface area (Å²) in [5.41, 5.74) is -1.58. The van der Waals surface area contributed by atoms with Crippen molar-refractivity contribution in [1.82, 2.24) is 0 Å². The van der Waals surface area contributed by atoms with E-state index < -0.39 is 50.1 Å². The summed E-state index contributed by atoms with van der Waals surface area (Å²) in [5.74, 6) is -3.39. The molecule has 0 saturated carbocycles. The molecule has 0 fully saturated rings. The van der Waals surface area contributed by atoms with E-state index in [4.69, 9.17) is 9.47 Å². The van der Waals surface area contributed by atoms with Gasteiger partial charge in [-0.15, -0.1) is 0 Å². The largest absolute Gasteiger partial charge is 0.468 e. The van der Waals surface area contributed by atoms with Crippen molar-refractivity contribution in [2.45, 2.75) is 32.0 Å². The molecule has 0 radical (unpaired) electrons. The van der Waals surface area contributed by atoms with Gasteiger partial charge in [-0.2, -0.15) is 0 Å². The monoisotopic (exact) mass is 642 g/mol. The number of allylic oxidation sites excluding steroid dienone is 11. The highest BCUT2D eigenvalue weighted by Gasteiger charge is 2.87. The molecule has 0 aromatic rings. The first kappa shape index (κ1) is 25.9. The Kier molecular flexibility index (Phi) is 5.22. The Hall–Kier alpha value is -2.32. The number of methoxy groups -OCH3 is 2. The summed E-state index contributed by atoms with van der Waals surface area (Å²) in [6, 6.07) is 0. The average Bonchev–Trinajstić information content (AvgIpc) is 3.08. The Morgan fingerprint density at radius 3 is 2.13 bits per heavy atom. The molecule has 6 nitrogen and oxygen atoms in total. The number of carbonyl (C=O) groups excluding carboxylic acids is 4. The van der Waals surface area contributed by atoms with E-state index in [-0.39, 0.29) is 23.2 Å². The molecule has 0 aromatic heterocycles. The van der Waals surface area contributed by atoms with Crippen LogP contribution in [-0.4, -0.2) is 42.0 Å². The number of alkyl halides is 1. The molecule has 2 spiro atoms. The second-order valence-corrected chi connectivity index (χ2v) is 13.6. The predicted molar refractivity (Wildman–Crippen MR) is 147 cm³/mol. The number of carbonyl (C=O) groups is 4. The molecule has 4 bridgehead atoms. The third-order valence-electron chi connectivity index (χ3n) is 9.82. The van der Waals surface area contributed by atoms with E-state index in [1.807, 2.05) is 58.1 Å². The first-order valence-corrected chi connectivity index (χ1v) is 14.4. The van der Waals surface area contributed by atoms with Gasteiger partial charge in [-0.05, 0) is 38.9 Å². The molecule has 8 aliphatic rings. The lowest BCUT2D eigenvalue weighted by Crippen LogP contribution is -2.69. The van der Waals surface area contributed by atoms with E-state index in [0.29, 0.717) is 15.6 Å². The Balaban J connectivity index is 1.95. The lowest BCUT2D eigenvalue weighted by atomic mass is 9.38. The van der Waals surface area contributed by atoms with E-state index in [2.05, 4.69) is 37.9 Å². The van der Waals surface area contributed by atoms with Crippen LogP contribution in [0.5, 0.6) is 0 Å². The zero-order valence-corrected chi connectivity index (χ0v) is 25.2. The highest BCUT2D eigenvalue weighted by Crippen LogP contribution is 2.84. The van der Waals surface area contributed by atoms with Gasteiger partial charge in [0.2, 0.25) is 0 Å². The molecule has 8 aliphatic carbocycles. The molecule has 0 aromatic carbocycles. The number of ether oxygens (including phenoxy) is 2. The van der Waals surface area contributed by atoms with Gasteiger partial charge in [-0.1, -0.05) is 91.2 Å². The fourth-order valence-electron chi connectivity index (χ4n) is 8.48. The van der Waals surface area contributed by atoms with Gasteiger partial charge in [0.15, 0.2) is 17.0 Å². The van der Waals surface area contributed by atoms with E-state index >= 15 is 0 Å². The number of hydrogen-bond donors (Lipinski definition) is 0. The van der Waals surface area contributed by atoms with Crippen LogP contribution >= 0.6 is 31.9 Å². The quantitative estimate of drug-likeness (QED) is 0.139. The summed E-state index contributed by atoms with van der Waals surface area (Å²) in [6.45, 7) is 8.05. The molecule has 0 N–H and O–H groups in total. The molecule has 0 unspecified atom stereocenters. The molecule has 0 amide bonds. The van der Waals surface area contributed by atoms with Crippen LogP contribution in [0.25, 0.3) is 0 Å². The van der Waals surface area contributed by atoms with Crippen molar-refractivity contribution in [3.63, 3.8) is 0 Å². The maximum atomic E-state index is 14.7. The Morgan fingerprint density at radius 1 is 0.895 bits per heavy atom. The molecule has 0 saturated heterocycles. The van der Waals surface area contributed by atoms with Crippen LogP contribution in [-0.2, 0) is 28.7 Å². The maximum Gasteiger partial charge on any atom is 0.341 e. The Morgan fingerprint density at radius 2 is 1.55 bits per heavy atom. The van der Waals surface area contributed by atoms with E-state index in [0.717, 1.165) is 11.1 Å². The molecular weight excluding hydrogens is 616 g/mol. The highest BCUT2D eigenvalue weighted by atomic mass is 79.9. The van der Waals surface area contributed by atoms with Crippen LogP contribution in [0.2, 0.25) is 0 Å². The number of Topliss-reactive ketones (excluding diaryl/α,β-unsaturated/α-hetero) is 2. The molecule has 198 valence electrons. The van der Waals surface area contributed by atoms with Crippen LogP contribution in [0.1, 0.15) is 27.7 Å². The second-order valence-electron chi connectivity index (χ2n) is 11.6. The molecule has 6 atom stereocenters. The summed E-state index contributed by atoms with van der Waals surface area (Å²) in [5, 5.41) is 0. The maximum absolute atomic E-state index is 14.7. The van der Waals surface area contributed by atoms with Gasteiger partial charge in [-0.3, -0.25) is 14.4 Å². The summed E-state index contributed by atoms with van der Waals surface area (Å²) in [4.78, 5) is 57.0. The van der Waals surface area contributed by atoms with Gasteiger partial charge in [0.1, 0.15) is 9.90 Å². The molecule has 8 rings (SSSR count). The molecule has 38 heavy (non-hydrogen) atoms. The van der Waals surface area contributed by atoms with Crippen LogP contribution in [0.15, 0.2) is 68.8 Å². The summed E-state index contributed by atoms with van der Waals surface area (Å²) >= 11 is 7.57. The van der Waals surface area contributed by atoms with Crippen molar-refractivity contribution < 1.29 is 28.7 Å². The number of halogens is 2. The Bertz CT molecular complexity index is 1470. The minimum Gasteiger partial charge on any atom is -0.468 e. The van der Waals surface area contributed by atoms with Gasteiger partial charge in [0.05, 0.1) is 29.5 Å². The molecule has 0 heterocycles. The third kappa shape index (κ3) is 2.24. The third-order valence-corrected chi connectivity index (χ3v) is 12.1. The summed E-state index contributed by atoms with van der Waals surface area (Å²) in [7, 11) is 2.56. The Labute approximate surface area is 238 Å². The predicted octanol–water partition coefficient (Wildman–Crippen LogP) is 5.10. The standard InChI is InChI=1S/C30H28Br2O6/c1-13(2)15-11-20-21(25(35)37-5)23(33)30(32)18-7-8-19-22(31)24(34)29(26(36)38-6)17(15)9-10-27(20,30)28(19,29)12-16(18)14(3)4/h7-14,17-18H,1-6H3/t17-,18-,27-,28+,29+,30+/m0/s1. The smallest absolute Gasteiger partial charge is 0.341 e. The van der Waals surface area contributed by atoms with E-state index in [9.17, 15) is 19.2 Å². The van der Waals surface area contributed by atoms with Gasteiger partial charge in [0.25, 0.3) is 0 Å². The number of rotatable bonds is 4. The molecule has 0 aliphatic heterocycles. The van der Waals surface area contributed by atoms with Crippen LogP contribution in [0.3, 0.4) is 0 Å². The highest BCUT2D eigenvalue weighted by molar-refractivity contribution is 9.12. The van der Waals surface area contributed by atoms with Gasteiger partial charge >= 0.3 is 11.9 Å². The minimum atomic E-state index is -1.73. The van der Waals surface area contributed by atoms with Gasteiger partial charge < -0.3 is 9.47 Å². The molecular formula is C30H28Br2O6. The van der Waals surface area contributed by atoms with Crippen molar-refractivity contribution in [1.29, 1.82) is 0 Å². The summed E-state index contributed by atoms with van der Waals surface area (Å²) < 4.78 is 9.60. The first-order valence-electron chi connectivity index (χ1n) is 12.8. The zero-order chi connectivity index (χ0) is 27.7. The summed E-state index contributed by atoms with van der Waals surface area (Å²) in [6.07, 6.45) is 11.7. The lowest BCUT2D eigenvalue weighted by molar-refractivity contribution is -0.170. The SMILES string of the molecule is COC(=O)C1=C2C=C(C(C)C)[C@@H]3C=C[C@@]24[C@@]25C=C(C(C)C)[C@H](C=CC2=C(Br)C(=O)[C@@]35C(=O)OC)[C@@]4(Br)C1=O. The van der Waals surface area contributed by atoms with Crippen molar-refractivity contribution in [2.24, 2.45) is 39.9 Å². The van der Waals surface area contributed by atoms with Crippen LogP contribution in [0.4, 0.5) is 0 Å². The number of hydrogen-bond acceptors (Lipinski definition) is 6. The van der Waals surface area contributed by atoms with Gasteiger partial charge in [0, 0.05) is 11.8 Å². The average molecular weight is 644 g/mol. The van der Waals surface area contributed by atoms with Crippen molar-refractivity contribution in [3.8, 4) is 0 Å². The van der Waals surface area contributed by atoms with Gasteiger partial charge in [-0.25, -0.2) is 4.79 Å².